The van der Waals surface area contributed by atoms with Crippen LogP contribution in [0.4, 0.5) is 0 Å². The Kier molecular flexibility index (Phi) is 1.30. The first-order valence-electron chi connectivity index (χ1n) is 2.38. The van der Waals surface area contributed by atoms with Gasteiger partial charge in [-0.3, -0.25) is 0 Å². The van der Waals surface area contributed by atoms with Crippen molar-refractivity contribution in [1.82, 2.24) is 10.9 Å². The summed E-state index contributed by atoms with van der Waals surface area (Å²) in [5.41, 5.74) is 5.85. The van der Waals surface area contributed by atoms with E-state index in [9.17, 15) is 0 Å². The maximum Gasteiger partial charge on any atom is 0.0842 e. The minimum Gasteiger partial charge on any atom is -0.238 e. The van der Waals surface area contributed by atoms with Crippen LogP contribution >= 0.6 is 0 Å². The summed E-state index contributed by atoms with van der Waals surface area (Å²) in [5.74, 6) is 2.56. The molecule has 1 aliphatic rings. The zero-order valence-electron chi connectivity index (χ0n) is 4.07. The fourth-order valence-electron chi connectivity index (χ4n) is 0.431. The Balaban J connectivity index is 1.91. The van der Waals surface area contributed by atoms with E-state index in [0.29, 0.717) is 6.17 Å². The summed E-state index contributed by atoms with van der Waals surface area (Å²) in [6, 6.07) is 0. The van der Waals surface area contributed by atoms with Crippen LogP contribution in [0.3, 0.4) is 0 Å². The SMILES string of the molecule is C#CCCC1NN1. The second-order valence-corrected chi connectivity index (χ2v) is 1.58. The molecule has 0 aromatic heterocycles. The van der Waals surface area contributed by atoms with Crippen molar-refractivity contribution in [2.45, 2.75) is 19.0 Å². The van der Waals surface area contributed by atoms with Gasteiger partial charge in [0.1, 0.15) is 0 Å². The standard InChI is InChI=1S/C5H8N2/c1-2-3-4-5-6-7-5/h1,5-7H,3-4H2. The van der Waals surface area contributed by atoms with Gasteiger partial charge < -0.3 is 0 Å². The van der Waals surface area contributed by atoms with Crippen LogP contribution in [0, 0.1) is 12.3 Å². The van der Waals surface area contributed by atoms with Gasteiger partial charge in [0.25, 0.3) is 0 Å². The third-order valence-corrected chi connectivity index (χ3v) is 0.926. The lowest BCUT2D eigenvalue weighted by Crippen LogP contribution is -1.88. The molecule has 0 bridgehead atoms. The molecule has 0 unspecified atom stereocenters. The summed E-state index contributed by atoms with van der Waals surface area (Å²) in [5, 5.41) is 0. The van der Waals surface area contributed by atoms with Crippen LogP contribution in [0.2, 0.25) is 0 Å². The van der Waals surface area contributed by atoms with Crippen LogP contribution < -0.4 is 10.9 Å². The Morgan fingerprint density at radius 3 is 2.71 bits per heavy atom. The van der Waals surface area contributed by atoms with Crippen molar-refractivity contribution < 1.29 is 0 Å². The molecule has 2 heteroatoms. The summed E-state index contributed by atoms with van der Waals surface area (Å²) < 4.78 is 0. The third-order valence-electron chi connectivity index (χ3n) is 0.926. The van der Waals surface area contributed by atoms with Gasteiger partial charge in [-0.1, -0.05) is 0 Å². The fraction of sp³-hybridized carbons (Fsp3) is 0.600. The van der Waals surface area contributed by atoms with Crippen LogP contribution in [-0.2, 0) is 0 Å². The molecule has 0 radical (unpaired) electrons. The molecule has 0 amide bonds. The first-order valence-corrected chi connectivity index (χ1v) is 2.38. The first-order chi connectivity index (χ1) is 3.43. The molecule has 2 nitrogen and oxygen atoms in total. The lowest BCUT2D eigenvalue weighted by molar-refractivity contribution is 0.820. The van der Waals surface area contributed by atoms with Gasteiger partial charge >= 0.3 is 0 Å². The molecule has 1 saturated heterocycles. The number of hydrazine groups is 1. The van der Waals surface area contributed by atoms with E-state index in [0.717, 1.165) is 12.8 Å². The monoisotopic (exact) mass is 96.1 g/mol. The van der Waals surface area contributed by atoms with Crippen molar-refractivity contribution >= 4 is 0 Å². The quantitative estimate of drug-likeness (QED) is 0.370. The van der Waals surface area contributed by atoms with E-state index >= 15 is 0 Å². The molecule has 0 aromatic rings. The number of terminal acetylenes is 1. The van der Waals surface area contributed by atoms with Crippen molar-refractivity contribution in [3.05, 3.63) is 0 Å². The van der Waals surface area contributed by atoms with Gasteiger partial charge in [0.05, 0.1) is 6.17 Å². The average molecular weight is 96.1 g/mol. The Morgan fingerprint density at radius 1 is 1.57 bits per heavy atom. The maximum atomic E-state index is 5.00. The van der Waals surface area contributed by atoms with Gasteiger partial charge in [0.2, 0.25) is 0 Å². The van der Waals surface area contributed by atoms with Gasteiger partial charge in [-0.25, -0.2) is 10.9 Å². The Hall–Kier alpha value is -0.520. The van der Waals surface area contributed by atoms with E-state index in [1.807, 2.05) is 0 Å². The number of nitrogens with one attached hydrogen (secondary N) is 2. The van der Waals surface area contributed by atoms with E-state index < -0.39 is 0 Å². The summed E-state index contributed by atoms with van der Waals surface area (Å²) in [6.07, 6.45) is 7.43. The van der Waals surface area contributed by atoms with Crippen LogP contribution in [-0.4, -0.2) is 6.17 Å². The highest BCUT2D eigenvalue weighted by molar-refractivity contribution is 4.86. The van der Waals surface area contributed by atoms with E-state index in [1.165, 1.54) is 0 Å². The first kappa shape index (κ1) is 4.63. The normalized spacial score (nSPS) is 18.7. The van der Waals surface area contributed by atoms with Crippen molar-refractivity contribution in [2.24, 2.45) is 0 Å². The van der Waals surface area contributed by atoms with E-state index in [4.69, 9.17) is 6.42 Å². The Labute approximate surface area is 43.3 Å². The minimum atomic E-state index is 0.510. The van der Waals surface area contributed by atoms with Crippen LogP contribution in [0.1, 0.15) is 12.8 Å². The molecule has 7 heavy (non-hydrogen) atoms. The molecule has 0 spiro atoms. The van der Waals surface area contributed by atoms with Gasteiger partial charge in [0, 0.05) is 6.42 Å². The molecule has 0 aromatic carbocycles. The van der Waals surface area contributed by atoms with Crippen LogP contribution in [0.15, 0.2) is 0 Å². The summed E-state index contributed by atoms with van der Waals surface area (Å²) >= 11 is 0. The van der Waals surface area contributed by atoms with Gasteiger partial charge in [0.15, 0.2) is 0 Å². The summed E-state index contributed by atoms with van der Waals surface area (Å²) in [4.78, 5) is 0. The second kappa shape index (κ2) is 1.97. The average Bonchev–Trinajstić information content (AvgIpc) is 2.42. The molecule has 1 aliphatic heterocycles. The molecular formula is C5H8N2. The molecule has 1 heterocycles. The highest BCUT2D eigenvalue weighted by atomic mass is 15.6. The molecule has 1 fully saturated rings. The van der Waals surface area contributed by atoms with Crippen molar-refractivity contribution in [2.75, 3.05) is 0 Å². The van der Waals surface area contributed by atoms with Crippen molar-refractivity contribution in [1.29, 1.82) is 0 Å². The molecule has 1 rings (SSSR count). The van der Waals surface area contributed by atoms with Gasteiger partial charge in [-0.15, -0.1) is 12.3 Å². The van der Waals surface area contributed by atoms with Crippen LogP contribution in [0.5, 0.6) is 0 Å². The predicted octanol–water partition coefficient (Wildman–Crippen LogP) is -0.166. The van der Waals surface area contributed by atoms with Crippen molar-refractivity contribution in [3.63, 3.8) is 0 Å². The Bertz CT molecular complexity index is 88.7. The van der Waals surface area contributed by atoms with Crippen molar-refractivity contribution in [3.8, 4) is 12.3 Å². The molecule has 38 valence electrons. The van der Waals surface area contributed by atoms with Gasteiger partial charge in [-0.2, -0.15) is 0 Å². The number of hydrogen-bond acceptors (Lipinski definition) is 2. The molecule has 0 atom stereocenters. The van der Waals surface area contributed by atoms with Gasteiger partial charge in [-0.05, 0) is 6.42 Å². The van der Waals surface area contributed by atoms with E-state index in [-0.39, 0.29) is 0 Å². The highest BCUT2D eigenvalue weighted by Crippen LogP contribution is 1.97. The fourth-order valence-corrected chi connectivity index (χ4v) is 0.431. The zero-order chi connectivity index (χ0) is 5.11. The molecule has 0 saturated carbocycles. The number of rotatable bonds is 2. The molecule has 0 aliphatic carbocycles. The maximum absolute atomic E-state index is 5.00. The summed E-state index contributed by atoms with van der Waals surface area (Å²) in [7, 11) is 0. The number of hydrogen-bond donors (Lipinski definition) is 2. The largest absolute Gasteiger partial charge is 0.238 e. The lowest BCUT2D eigenvalue weighted by atomic mass is 10.3. The predicted molar refractivity (Wildman–Crippen MR) is 28.1 cm³/mol. The second-order valence-electron chi connectivity index (χ2n) is 1.58. The topological polar surface area (TPSA) is 43.9 Å². The molecular weight excluding hydrogens is 88.1 g/mol. The smallest absolute Gasteiger partial charge is 0.0842 e. The van der Waals surface area contributed by atoms with E-state index in [2.05, 4.69) is 16.8 Å². The highest BCUT2D eigenvalue weighted by Gasteiger charge is 2.16. The van der Waals surface area contributed by atoms with Crippen LogP contribution in [0.25, 0.3) is 0 Å². The molecule has 2 N–H and O–H groups in total. The Morgan fingerprint density at radius 2 is 2.29 bits per heavy atom. The summed E-state index contributed by atoms with van der Waals surface area (Å²) in [6.45, 7) is 0. The minimum absolute atomic E-state index is 0.510. The third kappa shape index (κ3) is 1.58. The van der Waals surface area contributed by atoms with E-state index in [1.54, 1.807) is 0 Å². The lowest BCUT2D eigenvalue weighted by Gasteiger charge is -1.80. The zero-order valence-corrected chi connectivity index (χ0v) is 4.07.